The lowest BCUT2D eigenvalue weighted by molar-refractivity contribution is -0.192. The molecule has 4 heterocycles. The number of phenols is 1. The third-order valence-corrected chi connectivity index (χ3v) is 12.8. The van der Waals surface area contributed by atoms with Gasteiger partial charge < -0.3 is 70.2 Å². The Morgan fingerprint density at radius 1 is 0.848 bits per heavy atom. The third-order valence-electron chi connectivity index (χ3n) is 11.8. The van der Waals surface area contributed by atoms with Crippen LogP contribution in [0.15, 0.2) is 111 Å². The van der Waals surface area contributed by atoms with E-state index in [4.69, 9.17) is 39.3 Å². The first-order valence-electron chi connectivity index (χ1n) is 24.7. The summed E-state index contributed by atoms with van der Waals surface area (Å²) in [7, 11) is 0. The van der Waals surface area contributed by atoms with Crippen LogP contribution in [-0.2, 0) is 28.5 Å². The predicted molar refractivity (Wildman–Crippen MR) is 289 cm³/mol. The number of carbonyl (C=O) groups excluding carboxylic acids is 2. The number of nitrogens with zero attached hydrogens (tertiary/aromatic N) is 4. The molecule has 9 N–H and O–H groups in total. The molecule has 79 heavy (non-hydrogen) atoms. The Kier molecular flexibility index (Phi) is 20.7. The fourth-order valence-electron chi connectivity index (χ4n) is 8.00. The molecule has 0 atom stereocenters. The number of nitrogen functional groups attached to an aromatic ring is 1. The number of ether oxygens (including phenoxy) is 5. The minimum absolute atomic E-state index is 0.0157. The Labute approximate surface area is 453 Å². The van der Waals surface area contributed by atoms with Gasteiger partial charge in [-0.05, 0) is 73.2 Å². The number of carboxylic acid groups (broad SMARTS) is 1. The van der Waals surface area contributed by atoms with Crippen molar-refractivity contribution in [2.24, 2.45) is 4.99 Å². The van der Waals surface area contributed by atoms with Gasteiger partial charge in [0.25, 0.3) is 5.56 Å². The van der Waals surface area contributed by atoms with E-state index in [1.54, 1.807) is 43.3 Å². The average molecular weight is 1120 g/mol. The first kappa shape index (κ1) is 58.5. The zero-order chi connectivity index (χ0) is 56.5. The van der Waals surface area contributed by atoms with E-state index in [9.17, 15) is 42.2 Å². The molecular formula is C53H57F4N9O12S. The van der Waals surface area contributed by atoms with Gasteiger partial charge in [-0.2, -0.15) is 13.2 Å². The van der Waals surface area contributed by atoms with Gasteiger partial charge in [0.2, 0.25) is 0 Å². The Morgan fingerprint density at radius 2 is 1.53 bits per heavy atom. The molecule has 26 heteroatoms. The number of carboxylic acids is 1. The van der Waals surface area contributed by atoms with E-state index in [1.165, 1.54) is 18.2 Å². The monoisotopic (exact) mass is 1120 g/mol. The van der Waals surface area contributed by atoms with Crippen molar-refractivity contribution in [2.75, 3.05) is 109 Å². The smallest absolute Gasteiger partial charge is 0.490 e. The van der Waals surface area contributed by atoms with Gasteiger partial charge in [-0.1, -0.05) is 42.1 Å². The number of hydrogen-bond donors (Lipinski definition) is 8. The molecule has 4 aromatic carbocycles. The Morgan fingerprint density at radius 3 is 2.22 bits per heavy atom. The summed E-state index contributed by atoms with van der Waals surface area (Å²) in [4.78, 5) is 66.9. The number of aliphatic hydroxyl groups is 1. The second kappa shape index (κ2) is 27.9. The van der Waals surface area contributed by atoms with Gasteiger partial charge in [-0.15, -0.1) is 0 Å². The molecule has 1 fully saturated rings. The fourth-order valence-corrected chi connectivity index (χ4v) is 9.04. The minimum Gasteiger partial charge on any atom is -0.506 e. The molecule has 8 rings (SSSR count). The highest BCUT2D eigenvalue weighted by molar-refractivity contribution is 8.18. The van der Waals surface area contributed by atoms with E-state index in [0.29, 0.717) is 84.9 Å². The number of halogens is 4. The van der Waals surface area contributed by atoms with Crippen LogP contribution in [0.5, 0.6) is 11.5 Å². The number of nitrogens with two attached hydrogens (primary N) is 1. The van der Waals surface area contributed by atoms with Gasteiger partial charge in [0, 0.05) is 51.5 Å². The Hall–Kier alpha value is -8.17. The number of phenolic OH excluding ortho intramolecular Hbond substituents is 1. The number of aromatic nitrogens is 3. The molecule has 21 nitrogen and oxygen atoms in total. The van der Waals surface area contributed by atoms with Gasteiger partial charge in [-0.25, -0.2) is 28.8 Å². The summed E-state index contributed by atoms with van der Waals surface area (Å²) in [5.41, 5.74) is 9.86. The molecule has 2 amide bonds. The number of hydrogen-bond acceptors (Lipinski definition) is 17. The zero-order valence-electron chi connectivity index (χ0n) is 42.6. The molecule has 6 aromatic rings. The molecule has 2 aliphatic heterocycles. The highest BCUT2D eigenvalue weighted by Crippen LogP contribution is 2.41. The number of alkyl halides is 3. The number of rotatable bonds is 22. The van der Waals surface area contributed by atoms with Gasteiger partial charge >= 0.3 is 24.1 Å². The fraction of sp³-hybridized carbons (Fsp3) is 0.321. The lowest BCUT2D eigenvalue weighted by atomic mass is 10.1. The third kappa shape index (κ3) is 16.2. The molecule has 1 saturated heterocycles. The van der Waals surface area contributed by atoms with Crippen molar-refractivity contribution in [1.29, 1.82) is 0 Å². The number of thioether (sulfide) groups is 1. The number of piperazine rings is 1. The van der Waals surface area contributed by atoms with E-state index >= 15 is 0 Å². The Bertz CT molecular complexity index is 3260. The van der Waals surface area contributed by atoms with Crippen LogP contribution < -0.4 is 31.6 Å². The molecule has 2 aromatic heterocycles. The van der Waals surface area contributed by atoms with Crippen LogP contribution in [0.2, 0.25) is 0 Å². The van der Waals surface area contributed by atoms with Crippen molar-refractivity contribution < 1.29 is 70.9 Å². The van der Waals surface area contributed by atoms with E-state index < -0.39 is 29.5 Å². The van der Waals surface area contributed by atoms with E-state index in [0.717, 1.165) is 49.1 Å². The first-order valence-corrected chi connectivity index (χ1v) is 25.5. The zero-order valence-corrected chi connectivity index (χ0v) is 43.4. The van der Waals surface area contributed by atoms with Crippen LogP contribution in [0.3, 0.4) is 0 Å². The number of urea groups is 1. The quantitative estimate of drug-likeness (QED) is 0.0195. The number of aliphatic imine (C=N–C) groups is 1. The lowest BCUT2D eigenvalue weighted by Crippen LogP contribution is -2.49. The number of carbonyl (C=O) groups is 3. The van der Waals surface area contributed by atoms with Crippen LogP contribution in [0.4, 0.5) is 39.4 Å². The number of H-pyrrole nitrogens is 2. The largest absolute Gasteiger partial charge is 0.506 e. The number of nitrogens with one attached hydrogen (secondary N) is 4. The number of pyridine rings is 1. The molecule has 0 radical (unpaired) electrons. The number of aliphatic carboxylic acids is 1. The van der Waals surface area contributed by atoms with Crippen molar-refractivity contribution in [1.82, 2.24) is 30.5 Å². The first-order chi connectivity index (χ1) is 38.0. The number of anilines is 2. The summed E-state index contributed by atoms with van der Waals surface area (Å²) in [6.45, 7) is 8.75. The van der Waals surface area contributed by atoms with Crippen LogP contribution >= 0.6 is 11.8 Å². The molecule has 420 valence electrons. The summed E-state index contributed by atoms with van der Waals surface area (Å²) < 4.78 is 73.9. The normalized spacial score (nSPS) is 14.9. The number of aromatic hydroxyl groups is 1. The standard InChI is InChI=1S/C51H56FN9O10S.C2HF3O2/c1-2-70-50(65)44-46(63)41(72-49(44)56-33-7-4-3-5-8-33)30-32-11-14-40(39(62)29-32)71-28-27-69-26-25-68-24-23-67-22-16-55-51(66)54-15-17-60-18-20-61(21-19-60)34-12-13-36-38(31-34)58-47(57-36)43-45(53)42-35(52)9-6-10-37(42)59-48(43)64;3-2(4,5)1(6)7/h3-14,29-31,62-63H,2,15-28H2,1H3,(H,57,58)(H3,53,59,64)(H2,54,55,66);(H,6,7)/b41-30+,56-49?;. The van der Waals surface area contributed by atoms with E-state index in [1.807, 2.05) is 36.4 Å². The number of benzene rings is 4. The van der Waals surface area contributed by atoms with Crippen molar-refractivity contribution in [2.45, 2.75) is 13.1 Å². The van der Waals surface area contributed by atoms with Crippen molar-refractivity contribution in [3.05, 3.63) is 123 Å². The topological polar surface area (TPSA) is 289 Å². The van der Waals surface area contributed by atoms with Crippen LogP contribution in [0.1, 0.15) is 12.5 Å². The summed E-state index contributed by atoms with van der Waals surface area (Å²) in [5, 5.41) is 34.9. The number of aromatic amines is 2. The SMILES string of the molecule is CCOC(=O)C1=C(O)/C(=C\c2ccc(OCCOCCOCCOCCNC(=O)NCCN3CCN(c4ccc5nc(-c6c(N)c7c(F)cccc7[nH]c6=O)[nH]c5c4)CC3)c(O)c2)SC1=Nc1ccccc1.O=C(O)C(F)(F)F. The molecule has 0 unspecified atom stereocenters. The number of fused-ring (bicyclic) bond motifs is 2. The van der Waals surface area contributed by atoms with E-state index in [2.05, 4.69) is 40.4 Å². The molecule has 0 spiro atoms. The highest BCUT2D eigenvalue weighted by Gasteiger charge is 2.38. The second-order valence-electron chi connectivity index (χ2n) is 17.2. The van der Waals surface area contributed by atoms with Gasteiger partial charge in [0.1, 0.15) is 40.2 Å². The number of aliphatic hydroxyl groups excluding tert-OH is 1. The maximum atomic E-state index is 14.6. The predicted octanol–water partition coefficient (Wildman–Crippen LogP) is 6.87. The summed E-state index contributed by atoms with van der Waals surface area (Å²) >= 11 is 1.13. The van der Waals surface area contributed by atoms with Gasteiger partial charge in [-0.3, -0.25) is 9.69 Å². The Balaban J connectivity index is 0.00000121. The van der Waals surface area contributed by atoms with Crippen LogP contribution in [-0.4, -0.2) is 163 Å². The number of imidazole rings is 1. The maximum Gasteiger partial charge on any atom is 0.490 e. The molecular weight excluding hydrogens is 1060 g/mol. The van der Waals surface area contributed by atoms with Crippen LogP contribution in [0, 0.1) is 5.82 Å². The number of esters is 1. The average Bonchev–Trinajstić information content (AvgIpc) is 3.98. The van der Waals surface area contributed by atoms with Gasteiger partial charge in [0.15, 0.2) is 11.5 Å². The minimum atomic E-state index is -5.08. The summed E-state index contributed by atoms with van der Waals surface area (Å²) in [6, 6.07) is 23.9. The lowest BCUT2D eigenvalue weighted by Gasteiger charge is -2.36. The maximum absolute atomic E-state index is 14.6. The van der Waals surface area contributed by atoms with E-state index in [-0.39, 0.29) is 71.1 Å². The van der Waals surface area contributed by atoms with Gasteiger partial charge in [0.05, 0.1) is 84.5 Å². The van der Waals surface area contributed by atoms with Crippen molar-refractivity contribution in [3.8, 4) is 22.9 Å². The van der Waals surface area contributed by atoms with Crippen molar-refractivity contribution in [3.63, 3.8) is 0 Å². The number of para-hydroxylation sites is 1. The molecule has 0 bridgehead atoms. The molecule has 0 saturated carbocycles. The summed E-state index contributed by atoms with van der Waals surface area (Å²) in [6.07, 6.45) is -3.44. The van der Waals surface area contributed by atoms with Crippen molar-refractivity contribution >= 4 is 79.8 Å². The molecule has 0 aliphatic carbocycles. The second-order valence-corrected chi connectivity index (χ2v) is 18.3. The number of amides is 2. The summed E-state index contributed by atoms with van der Waals surface area (Å²) in [5.74, 6) is -3.78. The molecule has 2 aliphatic rings. The highest BCUT2D eigenvalue weighted by atomic mass is 32.2. The van der Waals surface area contributed by atoms with Crippen LogP contribution in [0.25, 0.3) is 39.4 Å².